The van der Waals surface area contributed by atoms with Crippen molar-refractivity contribution in [1.29, 1.82) is 0 Å². The number of likely N-dealkylation sites (tertiary alicyclic amines) is 1. The average Bonchev–Trinajstić information content (AvgIpc) is 2.27. The van der Waals surface area contributed by atoms with E-state index >= 15 is 0 Å². The summed E-state index contributed by atoms with van der Waals surface area (Å²) in [4.78, 5) is 12.2. The number of hydrogen-bond acceptors (Lipinski definition) is 2. The number of carbonyl (C=O) groups is 1. The van der Waals surface area contributed by atoms with Gasteiger partial charge in [-0.05, 0) is 18.8 Å². The zero-order valence-electron chi connectivity index (χ0n) is 9.51. The van der Waals surface area contributed by atoms with Crippen molar-refractivity contribution in [3.63, 3.8) is 0 Å². The molecule has 1 fully saturated rings. The zero-order valence-corrected chi connectivity index (χ0v) is 9.51. The Kier molecular flexibility index (Phi) is 4.35. The Balaban J connectivity index is 2.81. The summed E-state index contributed by atoms with van der Waals surface area (Å²) in [6, 6.07) is -0.573. The molecule has 1 aliphatic rings. The molecular weight excluding hydrogens is 240 g/mol. The molecule has 1 saturated heterocycles. The van der Waals surface area contributed by atoms with E-state index in [0.29, 0.717) is 12.8 Å². The SMILES string of the molecule is CC1CCN(C(=O)C(F)(F)C(F)F)C(CN)C1. The zero-order chi connectivity index (χ0) is 13.2. The molecule has 1 amide bonds. The van der Waals surface area contributed by atoms with Gasteiger partial charge in [-0.3, -0.25) is 4.79 Å². The minimum atomic E-state index is -4.62. The Morgan fingerprint density at radius 2 is 2.12 bits per heavy atom. The highest BCUT2D eigenvalue weighted by Crippen LogP contribution is 2.30. The van der Waals surface area contributed by atoms with Crippen LogP contribution in [0.1, 0.15) is 19.8 Å². The highest BCUT2D eigenvalue weighted by Gasteiger charge is 2.52. The molecule has 7 heteroatoms. The van der Waals surface area contributed by atoms with Gasteiger partial charge in [0.15, 0.2) is 0 Å². The minimum absolute atomic E-state index is 0.00932. The van der Waals surface area contributed by atoms with E-state index in [1.54, 1.807) is 0 Å². The van der Waals surface area contributed by atoms with Crippen LogP contribution in [0, 0.1) is 5.92 Å². The fourth-order valence-corrected chi connectivity index (χ4v) is 2.03. The molecule has 0 spiro atoms. The van der Waals surface area contributed by atoms with Crippen LogP contribution in [0.3, 0.4) is 0 Å². The summed E-state index contributed by atoms with van der Waals surface area (Å²) in [5.74, 6) is -6.17. The first-order valence-corrected chi connectivity index (χ1v) is 5.47. The number of nitrogens with two attached hydrogens (primary N) is 1. The Bertz CT molecular complexity index is 285. The molecule has 0 saturated carbocycles. The summed E-state index contributed by atoms with van der Waals surface area (Å²) in [7, 11) is 0. The van der Waals surface area contributed by atoms with Gasteiger partial charge in [0.2, 0.25) is 0 Å². The van der Waals surface area contributed by atoms with Crippen LogP contribution in [0.25, 0.3) is 0 Å². The highest BCUT2D eigenvalue weighted by atomic mass is 19.3. The summed E-state index contributed by atoms with van der Waals surface area (Å²) in [5, 5.41) is 0. The lowest BCUT2D eigenvalue weighted by molar-refractivity contribution is -0.184. The lowest BCUT2D eigenvalue weighted by Crippen LogP contribution is -2.56. The van der Waals surface area contributed by atoms with Gasteiger partial charge in [-0.15, -0.1) is 0 Å². The van der Waals surface area contributed by atoms with Gasteiger partial charge in [0.05, 0.1) is 0 Å². The van der Waals surface area contributed by atoms with Crippen molar-refractivity contribution in [3.05, 3.63) is 0 Å². The molecule has 0 aromatic heterocycles. The first-order chi connectivity index (χ1) is 7.80. The standard InChI is InChI=1S/C10H16F4N2O/c1-6-2-3-16(7(4-6)5-15)9(17)10(13,14)8(11)12/h6-8H,2-5,15H2,1H3. The van der Waals surface area contributed by atoms with E-state index in [1.807, 2.05) is 6.92 Å². The maximum Gasteiger partial charge on any atom is 0.383 e. The monoisotopic (exact) mass is 256 g/mol. The molecule has 2 unspecified atom stereocenters. The summed E-state index contributed by atoms with van der Waals surface area (Å²) in [5.41, 5.74) is 5.39. The van der Waals surface area contributed by atoms with Crippen LogP contribution in [-0.4, -0.2) is 42.3 Å². The van der Waals surface area contributed by atoms with E-state index in [0.717, 1.165) is 4.90 Å². The average molecular weight is 256 g/mol. The van der Waals surface area contributed by atoms with Crippen molar-refractivity contribution in [2.45, 2.75) is 38.2 Å². The van der Waals surface area contributed by atoms with Crippen molar-refractivity contribution in [1.82, 2.24) is 4.90 Å². The Hall–Kier alpha value is -0.850. The molecule has 0 bridgehead atoms. The predicted octanol–water partition coefficient (Wildman–Crippen LogP) is 1.47. The number of carbonyl (C=O) groups excluding carboxylic acids is 1. The smallest absolute Gasteiger partial charge is 0.333 e. The van der Waals surface area contributed by atoms with Gasteiger partial charge < -0.3 is 10.6 Å². The fraction of sp³-hybridized carbons (Fsp3) is 0.900. The third kappa shape index (κ3) is 2.88. The molecule has 17 heavy (non-hydrogen) atoms. The summed E-state index contributed by atoms with van der Waals surface area (Å²) in [6.45, 7) is 1.98. The number of hydrogen-bond donors (Lipinski definition) is 1. The molecule has 1 aliphatic heterocycles. The van der Waals surface area contributed by atoms with Gasteiger partial charge in [-0.2, -0.15) is 8.78 Å². The number of amides is 1. The van der Waals surface area contributed by atoms with Crippen LogP contribution < -0.4 is 5.73 Å². The van der Waals surface area contributed by atoms with Crippen molar-refractivity contribution >= 4 is 5.91 Å². The van der Waals surface area contributed by atoms with Gasteiger partial charge in [0.1, 0.15) is 0 Å². The van der Waals surface area contributed by atoms with E-state index in [9.17, 15) is 22.4 Å². The number of halogens is 4. The van der Waals surface area contributed by atoms with Crippen molar-refractivity contribution in [2.75, 3.05) is 13.1 Å². The molecule has 2 N–H and O–H groups in total. The molecule has 3 nitrogen and oxygen atoms in total. The lowest BCUT2D eigenvalue weighted by atomic mass is 9.92. The van der Waals surface area contributed by atoms with Crippen LogP contribution in [0.4, 0.5) is 17.6 Å². The third-order valence-electron chi connectivity index (χ3n) is 3.07. The molecule has 0 aromatic carbocycles. The van der Waals surface area contributed by atoms with Crippen LogP contribution in [0.2, 0.25) is 0 Å². The van der Waals surface area contributed by atoms with Crippen LogP contribution in [0.15, 0.2) is 0 Å². The van der Waals surface area contributed by atoms with Crippen molar-refractivity contribution < 1.29 is 22.4 Å². The highest BCUT2D eigenvalue weighted by molar-refractivity contribution is 5.84. The second-order valence-electron chi connectivity index (χ2n) is 4.44. The molecule has 1 heterocycles. The van der Waals surface area contributed by atoms with E-state index in [2.05, 4.69) is 0 Å². The molecule has 1 rings (SSSR count). The summed E-state index contributed by atoms with van der Waals surface area (Å²) >= 11 is 0. The van der Waals surface area contributed by atoms with Gasteiger partial charge in [0, 0.05) is 19.1 Å². The third-order valence-corrected chi connectivity index (χ3v) is 3.07. The summed E-state index contributed by atoms with van der Waals surface area (Å²) in [6.07, 6.45) is -2.98. The fourth-order valence-electron chi connectivity index (χ4n) is 2.03. The summed E-state index contributed by atoms with van der Waals surface area (Å²) < 4.78 is 50.1. The quantitative estimate of drug-likeness (QED) is 0.777. The van der Waals surface area contributed by atoms with Gasteiger partial charge in [0.25, 0.3) is 5.91 Å². The van der Waals surface area contributed by atoms with Gasteiger partial charge in [-0.25, -0.2) is 8.78 Å². The Labute approximate surface area is 96.9 Å². The Morgan fingerprint density at radius 1 is 1.53 bits per heavy atom. The molecule has 100 valence electrons. The van der Waals surface area contributed by atoms with E-state index in [1.165, 1.54) is 0 Å². The predicted molar refractivity (Wildman–Crippen MR) is 53.9 cm³/mol. The second kappa shape index (κ2) is 5.20. The van der Waals surface area contributed by atoms with Gasteiger partial charge >= 0.3 is 12.3 Å². The normalized spacial score (nSPS) is 26.4. The molecule has 0 radical (unpaired) electrons. The van der Waals surface area contributed by atoms with Gasteiger partial charge in [-0.1, -0.05) is 6.92 Å². The minimum Gasteiger partial charge on any atom is -0.333 e. The first-order valence-electron chi connectivity index (χ1n) is 5.47. The van der Waals surface area contributed by atoms with Crippen molar-refractivity contribution in [2.24, 2.45) is 11.7 Å². The number of nitrogens with zero attached hydrogens (tertiary/aromatic N) is 1. The van der Waals surface area contributed by atoms with Crippen LogP contribution >= 0.6 is 0 Å². The maximum atomic E-state index is 12.9. The van der Waals surface area contributed by atoms with Crippen LogP contribution in [0.5, 0.6) is 0 Å². The van der Waals surface area contributed by atoms with E-state index in [4.69, 9.17) is 5.73 Å². The molecule has 0 aliphatic carbocycles. The van der Waals surface area contributed by atoms with Crippen molar-refractivity contribution in [3.8, 4) is 0 Å². The first kappa shape index (κ1) is 14.2. The maximum absolute atomic E-state index is 12.9. The molecule has 0 aromatic rings. The Morgan fingerprint density at radius 3 is 2.59 bits per heavy atom. The topological polar surface area (TPSA) is 46.3 Å². The number of alkyl halides is 4. The van der Waals surface area contributed by atoms with Crippen LogP contribution in [-0.2, 0) is 4.79 Å². The largest absolute Gasteiger partial charge is 0.383 e. The molecule has 2 atom stereocenters. The lowest BCUT2D eigenvalue weighted by Gasteiger charge is -2.39. The van der Waals surface area contributed by atoms with E-state index < -0.39 is 24.3 Å². The molecular formula is C10H16F4N2O. The second-order valence-corrected chi connectivity index (χ2v) is 4.44. The number of rotatable bonds is 3. The van der Waals surface area contributed by atoms with E-state index in [-0.39, 0.29) is 19.0 Å². The number of piperidine rings is 1.